The van der Waals surface area contributed by atoms with Gasteiger partial charge in [0.2, 0.25) is 0 Å². The third kappa shape index (κ3) is 3.18. The lowest BCUT2D eigenvalue weighted by atomic mass is 9.97. The Bertz CT molecular complexity index is 526. The minimum absolute atomic E-state index is 0.278. The van der Waals surface area contributed by atoms with Crippen LogP contribution in [0.2, 0.25) is 0 Å². The van der Waals surface area contributed by atoms with E-state index in [9.17, 15) is 9.59 Å². The summed E-state index contributed by atoms with van der Waals surface area (Å²) in [5, 5.41) is 11.3. The number of carboxylic acid groups (broad SMARTS) is 1. The van der Waals surface area contributed by atoms with Gasteiger partial charge in [0.05, 0.1) is 24.5 Å². The van der Waals surface area contributed by atoms with Crippen molar-refractivity contribution < 1.29 is 19.4 Å². The molecule has 108 valence electrons. The van der Waals surface area contributed by atoms with Crippen LogP contribution in [0.15, 0.2) is 24.3 Å². The van der Waals surface area contributed by atoms with Crippen molar-refractivity contribution in [3.63, 3.8) is 0 Å². The van der Waals surface area contributed by atoms with Crippen molar-refractivity contribution >= 4 is 23.4 Å². The smallest absolute Gasteiger partial charge is 0.329 e. The molecule has 2 amide bonds. The number of aliphatic carboxylic acids is 1. The molecule has 1 aliphatic rings. The topological polar surface area (TPSA) is 105 Å². The second-order valence-corrected chi connectivity index (χ2v) is 5.01. The van der Waals surface area contributed by atoms with Gasteiger partial charge in [-0.25, -0.2) is 9.59 Å². The Balaban J connectivity index is 1.85. The third-order valence-corrected chi connectivity index (χ3v) is 3.08. The van der Waals surface area contributed by atoms with Crippen molar-refractivity contribution in [2.45, 2.75) is 12.5 Å². The lowest BCUT2D eigenvalue weighted by Crippen LogP contribution is -2.64. The van der Waals surface area contributed by atoms with Crippen LogP contribution in [0, 0.1) is 0 Å². The summed E-state index contributed by atoms with van der Waals surface area (Å²) < 4.78 is 5.24. The Morgan fingerprint density at radius 3 is 2.70 bits per heavy atom. The number of para-hydroxylation sites is 2. The number of urea groups is 1. The first kappa shape index (κ1) is 14.1. The third-order valence-electron chi connectivity index (χ3n) is 3.08. The van der Waals surface area contributed by atoms with Gasteiger partial charge in [-0.2, -0.15) is 0 Å². The molecule has 20 heavy (non-hydrogen) atoms. The lowest BCUT2D eigenvalue weighted by Gasteiger charge is -2.46. The number of nitrogen functional groups attached to an aromatic ring is 1. The second-order valence-electron chi connectivity index (χ2n) is 5.01. The van der Waals surface area contributed by atoms with Crippen molar-refractivity contribution in [2.75, 3.05) is 30.7 Å². The van der Waals surface area contributed by atoms with E-state index in [1.54, 1.807) is 31.2 Å². The summed E-state index contributed by atoms with van der Waals surface area (Å²) in [6.07, 6.45) is 0. The van der Waals surface area contributed by atoms with Crippen LogP contribution >= 0.6 is 0 Å². The van der Waals surface area contributed by atoms with E-state index in [0.29, 0.717) is 24.5 Å². The lowest BCUT2D eigenvalue weighted by molar-refractivity contribution is -0.159. The molecule has 0 aromatic heterocycles. The van der Waals surface area contributed by atoms with Gasteiger partial charge >= 0.3 is 12.0 Å². The summed E-state index contributed by atoms with van der Waals surface area (Å²) in [5.41, 5.74) is 6.19. The van der Waals surface area contributed by atoms with E-state index in [0.717, 1.165) is 0 Å². The minimum Gasteiger partial charge on any atom is -0.480 e. The summed E-state index contributed by atoms with van der Waals surface area (Å²) in [7, 11) is 0. The van der Waals surface area contributed by atoms with E-state index in [4.69, 9.17) is 15.6 Å². The van der Waals surface area contributed by atoms with Gasteiger partial charge in [-0.3, -0.25) is 0 Å². The number of likely N-dealkylation sites (tertiary alicyclic amines) is 1. The highest BCUT2D eigenvalue weighted by molar-refractivity contribution is 5.93. The number of nitrogens with zero attached hydrogens (tertiary/aromatic N) is 1. The second kappa shape index (κ2) is 5.38. The van der Waals surface area contributed by atoms with E-state index in [1.165, 1.54) is 4.90 Å². The van der Waals surface area contributed by atoms with E-state index >= 15 is 0 Å². The molecule has 0 atom stereocenters. The summed E-state index contributed by atoms with van der Waals surface area (Å²) >= 11 is 0. The molecule has 1 heterocycles. The van der Waals surface area contributed by atoms with Crippen LogP contribution in [0.5, 0.6) is 0 Å². The Morgan fingerprint density at radius 1 is 1.45 bits per heavy atom. The first-order chi connectivity index (χ1) is 9.39. The molecule has 1 aromatic carbocycles. The van der Waals surface area contributed by atoms with E-state index in [2.05, 4.69) is 5.32 Å². The predicted octanol–water partition coefficient (Wildman–Crippen LogP) is 0.976. The molecule has 0 saturated carbocycles. The highest BCUT2D eigenvalue weighted by atomic mass is 16.5. The Kier molecular flexibility index (Phi) is 3.80. The number of ether oxygens (including phenoxy) is 1. The minimum atomic E-state index is -1.02. The SMILES string of the molecule is CC1(OCC(=O)O)CN(C(=O)Nc2ccccc2N)C1. The van der Waals surface area contributed by atoms with Gasteiger partial charge < -0.3 is 25.8 Å². The van der Waals surface area contributed by atoms with Gasteiger partial charge in [-0.05, 0) is 19.1 Å². The summed E-state index contributed by atoms with van der Waals surface area (Å²) in [5.74, 6) is -1.02. The van der Waals surface area contributed by atoms with Gasteiger partial charge in [0, 0.05) is 0 Å². The van der Waals surface area contributed by atoms with Gasteiger partial charge in [-0.15, -0.1) is 0 Å². The number of hydrogen-bond acceptors (Lipinski definition) is 4. The van der Waals surface area contributed by atoms with Crippen LogP contribution in [0.4, 0.5) is 16.2 Å². The molecule has 2 rings (SSSR count). The molecule has 1 saturated heterocycles. The van der Waals surface area contributed by atoms with Crippen LogP contribution in [0.25, 0.3) is 0 Å². The van der Waals surface area contributed by atoms with Crippen LogP contribution in [0.1, 0.15) is 6.92 Å². The van der Waals surface area contributed by atoms with Gasteiger partial charge in [0.15, 0.2) is 0 Å². The molecule has 1 aromatic rings. The van der Waals surface area contributed by atoms with Crippen LogP contribution < -0.4 is 11.1 Å². The maximum Gasteiger partial charge on any atom is 0.329 e. The number of anilines is 2. The first-order valence-corrected chi connectivity index (χ1v) is 6.16. The van der Waals surface area contributed by atoms with Gasteiger partial charge in [-0.1, -0.05) is 12.1 Å². The van der Waals surface area contributed by atoms with Crippen molar-refractivity contribution in [1.82, 2.24) is 4.90 Å². The number of carbonyl (C=O) groups is 2. The molecule has 0 aliphatic carbocycles. The molecule has 0 radical (unpaired) electrons. The number of nitrogens with one attached hydrogen (secondary N) is 1. The maximum atomic E-state index is 12.0. The highest BCUT2D eigenvalue weighted by Crippen LogP contribution is 2.26. The first-order valence-electron chi connectivity index (χ1n) is 6.16. The van der Waals surface area contributed by atoms with E-state index in [-0.39, 0.29) is 12.6 Å². The molecule has 4 N–H and O–H groups in total. The quantitative estimate of drug-likeness (QED) is 0.712. The fourth-order valence-corrected chi connectivity index (χ4v) is 2.04. The summed E-state index contributed by atoms with van der Waals surface area (Å²) in [6.45, 7) is 2.10. The van der Waals surface area contributed by atoms with Gasteiger partial charge in [0.25, 0.3) is 0 Å². The fraction of sp³-hybridized carbons (Fsp3) is 0.385. The zero-order valence-corrected chi connectivity index (χ0v) is 11.1. The molecular formula is C13H17N3O4. The van der Waals surface area contributed by atoms with Crippen molar-refractivity contribution in [3.8, 4) is 0 Å². The molecular weight excluding hydrogens is 262 g/mol. The number of carboxylic acids is 1. The number of amides is 2. The Morgan fingerprint density at radius 2 is 2.10 bits per heavy atom. The number of hydrogen-bond donors (Lipinski definition) is 3. The molecule has 1 fully saturated rings. The standard InChI is InChI=1S/C13H17N3O4/c1-13(20-6-11(17)18)7-16(8-13)12(19)15-10-5-3-2-4-9(10)14/h2-5H,6-8,14H2,1H3,(H,15,19)(H,17,18). The molecule has 7 heteroatoms. The largest absolute Gasteiger partial charge is 0.480 e. The molecule has 1 aliphatic heterocycles. The van der Waals surface area contributed by atoms with Crippen molar-refractivity contribution in [2.24, 2.45) is 0 Å². The zero-order chi connectivity index (χ0) is 14.8. The van der Waals surface area contributed by atoms with Crippen LogP contribution in [-0.4, -0.2) is 47.3 Å². The average Bonchev–Trinajstić information content (AvgIpc) is 2.35. The van der Waals surface area contributed by atoms with E-state index in [1.807, 2.05) is 0 Å². The van der Waals surface area contributed by atoms with Gasteiger partial charge in [0.1, 0.15) is 12.2 Å². The maximum absolute atomic E-state index is 12.0. The summed E-state index contributed by atoms with van der Waals surface area (Å²) in [4.78, 5) is 23.9. The fourth-order valence-electron chi connectivity index (χ4n) is 2.04. The zero-order valence-electron chi connectivity index (χ0n) is 11.1. The number of rotatable bonds is 4. The molecule has 0 unspecified atom stereocenters. The molecule has 0 spiro atoms. The average molecular weight is 279 g/mol. The summed E-state index contributed by atoms with van der Waals surface area (Å²) in [6, 6.07) is 6.70. The molecule has 0 bridgehead atoms. The number of nitrogens with two attached hydrogens (primary N) is 1. The normalized spacial score (nSPS) is 16.4. The highest BCUT2D eigenvalue weighted by Gasteiger charge is 2.42. The number of benzene rings is 1. The van der Waals surface area contributed by atoms with Crippen LogP contribution in [0.3, 0.4) is 0 Å². The van der Waals surface area contributed by atoms with Crippen molar-refractivity contribution in [1.29, 1.82) is 0 Å². The monoisotopic (exact) mass is 279 g/mol. The molecule has 7 nitrogen and oxygen atoms in total. The Labute approximate surface area is 116 Å². The van der Waals surface area contributed by atoms with E-state index < -0.39 is 11.6 Å². The van der Waals surface area contributed by atoms with Crippen LogP contribution in [-0.2, 0) is 9.53 Å². The predicted molar refractivity (Wildman–Crippen MR) is 73.4 cm³/mol. The Hall–Kier alpha value is -2.28. The number of carbonyl (C=O) groups excluding carboxylic acids is 1. The van der Waals surface area contributed by atoms with Crippen molar-refractivity contribution in [3.05, 3.63) is 24.3 Å².